The van der Waals surface area contributed by atoms with Crippen molar-refractivity contribution < 1.29 is 9.84 Å². The van der Waals surface area contributed by atoms with E-state index in [1.54, 1.807) is 0 Å². The highest BCUT2D eigenvalue weighted by atomic mass is 16.5. The van der Waals surface area contributed by atoms with Gasteiger partial charge in [0.1, 0.15) is 5.75 Å². The molecule has 1 aromatic rings. The Kier molecular flexibility index (Phi) is 4.25. The highest BCUT2D eigenvalue weighted by molar-refractivity contribution is 5.37. The Morgan fingerprint density at radius 3 is 2.72 bits per heavy atom. The second-order valence-corrected chi connectivity index (χ2v) is 5.34. The zero-order chi connectivity index (χ0) is 13.1. The summed E-state index contributed by atoms with van der Waals surface area (Å²) in [5.74, 6) is 0.903. The molecule has 0 bridgehead atoms. The first-order chi connectivity index (χ1) is 8.58. The molecule has 0 spiro atoms. The molecule has 0 radical (unpaired) electrons. The maximum Gasteiger partial charge on any atom is 0.122 e. The molecule has 1 aliphatic heterocycles. The summed E-state index contributed by atoms with van der Waals surface area (Å²) in [6.45, 7) is 7.07. The molecular formula is C15H23NO2. The Labute approximate surface area is 109 Å². The molecule has 0 amide bonds. The minimum absolute atomic E-state index is 0.177. The van der Waals surface area contributed by atoms with E-state index < -0.39 is 6.10 Å². The first-order valence-corrected chi connectivity index (χ1v) is 6.76. The molecule has 0 saturated carbocycles. The molecular weight excluding hydrogens is 226 g/mol. The Bertz CT molecular complexity index is 397. The van der Waals surface area contributed by atoms with E-state index >= 15 is 0 Å². The zero-order valence-electron chi connectivity index (χ0n) is 11.4. The van der Waals surface area contributed by atoms with Gasteiger partial charge in [0.2, 0.25) is 0 Å². The summed E-state index contributed by atoms with van der Waals surface area (Å²) < 4.78 is 5.71. The minimum atomic E-state index is -0.417. The summed E-state index contributed by atoms with van der Waals surface area (Å²) in [6.07, 6.45) is 1.95. The number of hydrogen-bond donors (Lipinski definition) is 2. The molecule has 100 valence electrons. The molecule has 2 N–H and O–H groups in total. The molecule has 0 aliphatic carbocycles. The van der Waals surface area contributed by atoms with Gasteiger partial charge in [-0.25, -0.2) is 0 Å². The maximum atomic E-state index is 10.3. The fraction of sp³-hybridized carbons (Fsp3) is 0.600. The van der Waals surface area contributed by atoms with E-state index in [0.29, 0.717) is 0 Å². The molecule has 18 heavy (non-hydrogen) atoms. The quantitative estimate of drug-likeness (QED) is 0.861. The predicted molar refractivity (Wildman–Crippen MR) is 72.9 cm³/mol. The summed E-state index contributed by atoms with van der Waals surface area (Å²) in [7, 11) is 0. The van der Waals surface area contributed by atoms with E-state index in [-0.39, 0.29) is 12.1 Å². The fourth-order valence-corrected chi connectivity index (χ4v) is 2.46. The van der Waals surface area contributed by atoms with Crippen LogP contribution in [0.5, 0.6) is 5.75 Å². The van der Waals surface area contributed by atoms with Crippen LogP contribution < -0.4 is 10.1 Å². The van der Waals surface area contributed by atoms with Gasteiger partial charge >= 0.3 is 0 Å². The minimum Gasteiger partial charge on any atom is -0.491 e. The van der Waals surface area contributed by atoms with Gasteiger partial charge in [0.15, 0.2) is 0 Å². The smallest absolute Gasteiger partial charge is 0.122 e. The fourth-order valence-electron chi connectivity index (χ4n) is 2.46. The second-order valence-electron chi connectivity index (χ2n) is 5.34. The van der Waals surface area contributed by atoms with Gasteiger partial charge in [-0.2, -0.15) is 0 Å². The van der Waals surface area contributed by atoms with Crippen LogP contribution in [0.15, 0.2) is 18.2 Å². The largest absolute Gasteiger partial charge is 0.491 e. The van der Waals surface area contributed by atoms with Crippen LogP contribution in [-0.4, -0.2) is 23.8 Å². The van der Waals surface area contributed by atoms with Gasteiger partial charge in [0.05, 0.1) is 12.2 Å². The summed E-state index contributed by atoms with van der Waals surface area (Å²) in [6, 6.07) is 6.15. The first kappa shape index (κ1) is 13.4. The number of ether oxygens (including phenoxy) is 1. The third kappa shape index (κ3) is 3.03. The van der Waals surface area contributed by atoms with Crippen LogP contribution in [0.25, 0.3) is 0 Å². The van der Waals surface area contributed by atoms with E-state index in [4.69, 9.17) is 4.74 Å². The molecule has 2 rings (SSSR count). The van der Waals surface area contributed by atoms with Crippen LogP contribution in [0.1, 0.15) is 43.9 Å². The van der Waals surface area contributed by atoms with Crippen LogP contribution in [0, 0.1) is 6.92 Å². The molecule has 2 unspecified atom stereocenters. The monoisotopic (exact) mass is 249 g/mol. The lowest BCUT2D eigenvalue weighted by molar-refractivity contribution is 0.137. The lowest BCUT2D eigenvalue weighted by Crippen LogP contribution is -2.28. The van der Waals surface area contributed by atoms with Crippen LogP contribution in [0.4, 0.5) is 0 Å². The Morgan fingerprint density at radius 2 is 2.17 bits per heavy atom. The SMILES string of the molecule is Cc1cc(C(O)C2CCCN2)ccc1OC(C)C. The third-order valence-corrected chi connectivity index (χ3v) is 3.38. The van der Waals surface area contributed by atoms with Crippen molar-refractivity contribution in [3.8, 4) is 5.75 Å². The molecule has 2 atom stereocenters. The van der Waals surface area contributed by atoms with Crippen molar-refractivity contribution in [2.24, 2.45) is 0 Å². The highest BCUT2D eigenvalue weighted by Crippen LogP contribution is 2.27. The summed E-state index contributed by atoms with van der Waals surface area (Å²) in [4.78, 5) is 0. The Balaban J connectivity index is 2.12. The number of aliphatic hydroxyl groups is 1. The molecule has 1 fully saturated rings. The number of aliphatic hydroxyl groups excluding tert-OH is 1. The van der Waals surface area contributed by atoms with Crippen molar-refractivity contribution in [1.29, 1.82) is 0 Å². The molecule has 0 aromatic heterocycles. The second kappa shape index (κ2) is 5.72. The lowest BCUT2D eigenvalue weighted by atomic mass is 9.99. The van der Waals surface area contributed by atoms with Crippen LogP contribution in [-0.2, 0) is 0 Å². The standard InChI is InChI=1S/C15H23NO2/c1-10(2)18-14-7-6-12(9-11(14)3)15(17)13-5-4-8-16-13/h6-7,9-10,13,15-17H,4-5,8H2,1-3H3. The zero-order valence-corrected chi connectivity index (χ0v) is 11.4. The summed E-state index contributed by atoms with van der Waals surface area (Å²) in [5.41, 5.74) is 2.06. The molecule has 1 aromatic carbocycles. The van der Waals surface area contributed by atoms with Crippen molar-refractivity contribution in [2.45, 2.75) is 51.9 Å². The van der Waals surface area contributed by atoms with Crippen molar-refractivity contribution in [3.63, 3.8) is 0 Å². The normalized spacial score (nSPS) is 21.3. The molecule has 1 heterocycles. The van der Waals surface area contributed by atoms with Gasteiger partial charge in [0.25, 0.3) is 0 Å². The van der Waals surface area contributed by atoms with E-state index in [1.165, 1.54) is 0 Å². The van der Waals surface area contributed by atoms with Gasteiger partial charge in [0, 0.05) is 6.04 Å². The summed E-state index contributed by atoms with van der Waals surface area (Å²) >= 11 is 0. The van der Waals surface area contributed by atoms with Crippen molar-refractivity contribution in [3.05, 3.63) is 29.3 Å². The Morgan fingerprint density at radius 1 is 1.39 bits per heavy atom. The number of hydrogen-bond acceptors (Lipinski definition) is 3. The van der Waals surface area contributed by atoms with Crippen LogP contribution >= 0.6 is 0 Å². The van der Waals surface area contributed by atoms with Crippen molar-refractivity contribution in [1.82, 2.24) is 5.32 Å². The van der Waals surface area contributed by atoms with Gasteiger partial charge < -0.3 is 15.2 Å². The molecule has 1 saturated heterocycles. The van der Waals surface area contributed by atoms with Crippen molar-refractivity contribution in [2.75, 3.05) is 6.54 Å². The number of aryl methyl sites for hydroxylation is 1. The van der Waals surface area contributed by atoms with Gasteiger partial charge in [-0.1, -0.05) is 6.07 Å². The summed E-state index contributed by atoms with van der Waals surface area (Å²) in [5, 5.41) is 13.7. The number of rotatable bonds is 4. The lowest BCUT2D eigenvalue weighted by Gasteiger charge is -2.20. The van der Waals surface area contributed by atoms with Gasteiger partial charge in [-0.3, -0.25) is 0 Å². The first-order valence-electron chi connectivity index (χ1n) is 6.76. The Hall–Kier alpha value is -1.06. The van der Waals surface area contributed by atoms with Gasteiger partial charge in [-0.15, -0.1) is 0 Å². The van der Waals surface area contributed by atoms with E-state index in [2.05, 4.69) is 5.32 Å². The van der Waals surface area contributed by atoms with Crippen LogP contribution in [0.2, 0.25) is 0 Å². The average molecular weight is 249 g/mol. The predicted octanol–water partition coefficient (Wildman–Crippen LogP) is 2.57. The molecule has 3 heteroatoms. The topological polar surface area (TPSA) is 41.5 Å². The highest BCUT2D eigenvalue weighted by Gasteiger charge is 2.24. The number of benzene rings is 1. The molecule has 1 aliphatic rings. The maximum absolute atomic E-state index is 10.3. The van der Waals surface area contributed by atoms with E-state index in [9.17, 15) is 5.11 Å². The van der Waals surface area contributed by atoms with E-state index in [1.807, 2.05) is 39.0 Å². The third-order valence-electron chi connectivity index (χ3n) is 3.38. The number of nitrogens with one attached hydrogen (secondary N) is 1. The van der Waals surface area contributed by atoms with E-state index in [0.717, 1.165) is 36.3 Å². The average Bonchev–Trinajstić information content (AvgIpc) is 2.84. The molecule has 3 nitrogen and oxygen atoms in total. The van der Waals surface area contributed by atoms with Crippen LogP contribution in [0.3, 0.4) is 0 Å². The van der Waals surface area contributed by atoms with Gasteiger partial charge in [-0.05, 0) is 63.4 Å². The van der Waals surface area contributed by atoms with Crippen molar-refractivity contribution >= 4 is 0 Å².